The Bertz CT molecular complexity index is 580. The predicted octanol–water partition coefficient (Wildman–Crippen LogP) is 4.74. The summed E-state index contributed by atoms with van der Waals surface area (Å²) in [5.74, 6) is 2.07. The molecular formula is C14H14BrClO3. The lowest BCUT2D eigenvalue weighted by atomic mass is 10.1. The summed E-state index contributed by atoms with van der Waals surface area (Å²) < 4.78 is 16.0. The molecule has 0 fully saturated rings. The van der Waals surface area contributed by atoms with E-state index < -0.39 is 0 Å². The van der Waals surface area contributed by atoms with E-state index in [0.29, 0.717) is 16.5 Å². The number of ether oxygens (including phenoxy) is 2. The third-order valence-corrected chi connectivity index (χ3v) is 4.14. The zero-order valence-corrected chi connectivity index (χ0v) is 13.2. The molecule has 0 aliphatic carbocycles. The zero-order valence-electron chi connectivity index (χ0n) is 10.9. The first-order valence-corrected chi connectivity index (χ1v) is 6.97. The van der Waals surface area contributed by atoms with Gasteiger partial charge in [0.1, 0.15) is 5.76 Å². The highest BCUT2D eigenvalue weighted by atomic mass is 79.9. The highest BCUT2D eigenvalue weighted by Crippen LogP contribution is 2.42. The zero-order chi connectivity index (χ0) is 14.0. The summed E-state index contributed by atoms with van der Waals surface area (Å²) >= 11 is 9.90. The Morgan fingerprint density at radius 3 is 2.37 bits per heavy atom. The Morgan fingerprint density at radius 1 is 1.21 bits per heavy atom. The van der Waals surface area contributed by atoms with E-state index in [1.165, 1.54) is 0 Å². The van der Waals surface area contributed by atoms with Gasteiger partial charge >= 0.3 is 0 Å². The fourth-order valence-corrected chi connectivity index (χ4v) is 3.09. The molecule has 1 aromatic carbocycles. The Balaban J connectivity index is 2.48. The first kappa shape index (κ1) is 14.3. The van der Waals surface area contributed by atoms with Crippen molar-refractivity contribution < 1.29 is 13.9 Å². The van der Waals surface area contributed by atoms with Crippen LogP contribution in [0.5, 0.6) is 11.5 Å². The summed E-state index contributed by atoms with van der Waals surface area (Å²) in [5, 5.41) is 0.593. The molecule has 1 atom stereocenters. The van der Waals surface area contributed by atoms with E-state index in [2.05, 4.69) is 15.9 Å². The Kier molecular flexibility index (Phi) is 4.42. The van der Waals surface area contributed by atoms with Crippen molar-refractivity contribution in [2.75, 3.05) is 14.2 Å². The van der Waals surface area contributed by atoms with Gasteiger partial charge in [-0.25, -0.2) is 0 Å². The molecule has 1 unspecified atom stereocenters. The molecule has 2 aromatic rings. The van der Waals surface area contributed by atoms with Crippen LogP contribution >= 0.6 is 27.5 Å². The van der Waals surface area contributed by atoms with E-state index in [1.54, 1.807) is 26.5 Å². The molecule has 0 aliphatic rings. The van der Waals surface area contributed by atoms with Crippen molar-refractivity contribution >= 4 is 27.5 Å². The minimum atomic E-state index is -0.130. The van der Waals surface area contributed by atoms with Crippen molar-refractivity contribution in [1.82, 2.24) is 0 Å². The molecule has 1 aromatic heterocycles. The van der Waals surface area contributed by atoms with Crippen LogP contribution in [0.1, 0.15) is 21.7 Å². The summed E-state index contributed by atoms with van der Waals surface area (Å²) in [6, 6.07) is 5.50. The van der Waals surface area contributed by atoms with Gasteiger partial charge in [-0.1, -0.05) is 27.5 Å². The van der Waals surface area contributed by atoms with Crippen LogP contribution in [0.4, 0.5) is 0 Å². The lowest BCUT2D eigenvalue weighted by molar-refractivity contribution is 0.354. The maximum atomic E-state index is 6.29. The number of halogens is 2. The number of furan rings is 1. The molecule has 1 heterocycles. The molecule has 2 rings (SSSR count). The summed E-state index contributed by atoms with van der Waals surface area (Å²) in [7, 11) is 3.17. The van der Waals surface area contributed by atoms with Crippen molar-refractivity contribution in [1.29, 1.82) is 0 Å². The number of rotatable bonds is 4. The van der Waals surface area contributed by atoms with E-state index in [-0.39, 0.29) is 4.83 Å². The Hall–Kier alpha value is -1.13. The van der Waals surface area contributed by atoms with Crippen LogP contribution < -0.4 is 9.47 Å². The maximum absolute atomic E-state index is 6.29. The summed E-state index contributed by atoms with van der Waals surface area (Å²) in [6.45, 7) is 1.99. The van der Waals surface area contributed by atoms with Crippen molar-refractivity contribution in [3.05, 3.63) is 46.4 Å². The normalized spacial score (nSPS) is 12.3. The number of aryl methyl sites for hydroxylation is 1. The summed E-state index contributed by atoms with van der Waals surface area (Å²) in [6.07, 6.45) is 1.66. The van der Waals surface area contributed by atoms with Gasteiger partial charge in [0.15, 0.2) is 11.5 Å². The molecule has 0 saturated carbocycles. The standard InChI is InChI=1S/C14H14BrClO3/c1-8-4-5-19-14(8)13(15)9-6-11(17-2)12(18-3)7-10(9)16/h4-7,13H,1-3H3. The van der Waals surface area contributed by atoms with E-state index >= 15 is 0 Å². The van der Waals surface area contributed by atoms with Crippen LogP contribution in [-0.4, -0.2) is 14.2 Å². The predicted molar refractivity (Wildman–Crippen MR) is 78.8 cm³/mol. The lowest BCUT2D eigenvalue weighted by Gasteiger charge is -2.15. The van der Waals surface area contributed by atoms with E-state index in [4.69, 9.17) is 25.5 Å². The number of hydrogen-bond donors (Lipinski definition) is 0. The Morgan fingerprint density at radius 2 is 1.84 bits per heavy atom. The van der Waals surface area contributed by atoms with E-state index in [1.807, 2.05) is 19.1 Å². The van der Waals surface area contributed by atoms with E-state index in [0.717, 1.165) is 16.9 Å². The van der Waals surface area contributed by atoms with E-state index in [9.17, 15) is 0 Å². The molecule has 0 bridgehead atoms. The number of methoxy groups -OCH3 is 2. The second kappa shape index (κ2) is 5.88. The largest absolute Gasteiger partial charge is 0.493 e. The van der Waals surface area contributed by atoms with Gasteiger partial charge in [0.25, 0.3) is 0 Å². The lowest BCUT2D eigenvalue weighted by Crippen LogP contribution is -1.98. The average Bonchev–Trinajstić information content (AvgIpc) is 2.83. The topological polar surface area (TPSA) is 31.6 Å². The Labute approximate surface area is 125 Å². The van der Waals surface area contributed by atoms with Crippen molar-refractivity contribution in [2.24, 2.45) is 0 Å². The molecular weight excluding hydrogens is 332 g/mol. The van der Waals surface area contributed by atoms with Gasteiger partial charge in [0.05, 0.1) is 25.3 Å². The second-order valence-corrected chi connectivity index (χ2v) is 5.38. The molecule has 0 saturated heterocycles. The van der Waals surface area contributed by atoms with Gasteiger partial charge in [-0.15, -0.1) is 0 Å². The first-order chi connectivity index (χ1) is 9.08. The van der Waals surface area contributed by atoms with Gasteiger partial charge in [0.2, 0.25) is 0 Å². The van der Waals surface area contributed by atoms with Crippen LogP contribution in [0.25, 0.3) is 0 Å². The molecule has 102 valence electrons. The minimum absolute atomic E-state index is 0.130. The molecule has 5 heteroatoms. The van der Waals surface area contributed by atoms with Crippen LogP contribution in [0.3, 0.4) is 0 Å². The number of hydrogen-bond acceptors (Lipinski definition) is 3. The van der Waals surface area contributed by atoms with Gasteiger partial charge in [-0.05, 0) is 30.2 Å². The molecule has 0 radical (unpaired) electrons. The van der Waals surface area contributed by atoms with Crippen LogP contribution in [0.2, 0.25) is 5.02 Å². The quantitative estimate of drug-likeness (QED) is 0.750. The SMILES string of the molecule is COc1cc(Cl)c(C(Br)c2occc2C)cc1OC. The summed E-state index contributed by atoms with van der Waals surface area (Å²) in [5.41, 5.74) is 1.94. The van der Waals surface area contributed by atoms with Gasteiger partial charge < -0.3 is 13.9 Å². The summed E-state index contributed by atoms with van der Waals surface area (Å²) in [4.78, 5) is -0.130. The van der Waals surface area contributed by atoms with Crippen LogP contribution in [0.15, 0.2) is 28.9 Å². The molecule has 0 amide bonds. The third kappa shape index (κ3) is 2.74. The number of alkyl halides is 1. The smallest absolute Gasteiger partial charge is 0.162 e. The van der Waals surface area contributed by atoms with Gasteiger partial charge in [-0.3, -0.25) is 0 Å². The molecule has 0 aliphatic heterocycles. The third-order valence-electron chi connectivity index (χ3n) is 2.91. The monoisotopic (exact) mass is 344 g/mol. The highest BCUT2D eigenvalue weighted by Gasteiger charge is 2.21. The fraction of sp³-hybridized carbons (Fsp3) is 0.286. The fourth-order valence-electron chi connectivity index (χ4n) is 1.85. The first-order valence-electron chi connectivity index (χ1n) is 5.68. The van der Waals surface area contributed by atoms with Gasteiger partial charge in [0, 0.05) is 11.1 Å². The maximum Gasteiger partial charge on any atom is 0.162 e. The van der Waals surface area contributed by atoms with Crippen molar-refractivity contribution in [3.8, 4) is 11.5 Å². The molecule has 3 nitrogen and oxygen atoms in total. The number of benzene rings is 1. The van der Waals surface area contributed by atoms with Crippen LogP contribution in [-0.2, 0) is 0 Å². The van der Waals surface area contributed by atoms with Crippen LogP contribution in [0, 0.1) is 6.92 Å². The highest BCUT2D eigenvalue weighted by molar-refractivity contribution is 9.09. The average molecular weight is 346 g/mol. The molecule has 0 spiro atoms. The minimum Gasteiger partial charge on any atom is -0.493 e. The van der Waals surface area contributed by atoms with Crippen molar-refractivity contribution in [2.45, 2.75) is 11.8 Å². The molecule has 0 N–H and O–H groups in total. The second-order valence-electron chi connectivity index (χ2n) is 4.06. The molecule has 19 heavy (non-hydrogen) atoms. The van der Waals surface area contributed by atoms with Crippen molar-refractivity contribution in [3.63, 3.8) is 0 Å². The van der Waals surface area contributed by atoms with Gasteiger partial charge in [-0.2, -0.15) is 0 Å².